The van der Waals surface area contributed by atoms with Gasteiger partial charge in [0.15, 0.2) is 0 Å². The lowest BCUT2D eigenvalue weighted by Crippen LogP contribution is -2.31. The van der Waals surface area contributed by atoms with E-state index in [1.807, 2.05) is 44.2 Å². The number of amides is 1. The number of benzene rings is 2. The van der Waals surface area contributed by atoms with Crippen LogP contribution in [0.15, 0.2) is 42.5 Å². The number of aliphatic hydroxyl groups is 1. The van der Waals surface area contributed by atoms with Crippen LogP contribution in [-0.4, -0.2) is 17.6 Å². The Morgan fingerprint density at radius 1 is 1.19 bits per heavy atom. The molecule has 0 aliphatic rings. The molecule has 3 nitrogen and oxygen atoms in total. The SMILES string of the molecule is Cc1cc(Cl)c(C(=O)N[C@H](CO)c2ccccc2)cc1C. The summed E-state index contributed by atoms with van der Waals surface area (Å²) in [5.41, 5.74) is 3.32. The summed E-state index contributed by atoms with van der Waals surface area (Å²) < 4.78 is 0. The number of carbonyl (C=O) groups excluding carboxylic acids is 1. The Morgan fingerprint density at radius 3 is 2.43 bits per heavy atom. The molecule has 0 saturated heterocycles. The third-order valence-corrected chi connectivity index (χ3v) is 3.83. The van der Waals surface area contributed by atoms with Crippen LogP contribution < -0.4 is 5.32 Å². The Balaban J connectivity index is 2.23. The Kier molecular flexibility index (Phi) is 4.99. The first-order valence-corrected chi connectivity index (χ1v) is 7.14. The van der Waals surface area contributed by atoms with Crippen molar-refractivity contribution in [2.75, 3.05) is 6.61 Å². The van der Waals surface area contributed by atoms with Crippen LogP contribution in [0.25, 0.3) is 0 Å². The van der Waals surface area contributed by atoms with Crippen LogP contribution in [0, 0.1) is 13.8 Å². The summed E-state index contributed by atoms with van der Waals surface area (Å²) in [6.07, 6.45) is 0. The van der Waals surface area contributed by atoms with Gasteiger partial charge in [-0.1, -0.05) is 41.9 Å². The van der Waals surface area contributed by atoms with Gasteiger partial charge in [-0.25, -0.2) is 0 Å². The molecular weight excluding hydrogens is 286 g/mol. The molecule has 0 radical (unpaired) electrons. The van der Waals surface area contributed by atoms with Crippen LogP contribution in [0.4, 0.5) is 0 Å². The van der Waals surface area contributed by atoms with Crippen molar-refractivity contribution in [1.29, 1.82) is 0 Å². The molecule has 0 fully saturated rings. The minimum absolute atomic E-state index is 0.168. The molecule has 0 spiro atoms. The van der Waals surface area contributed by atoms with Gasteiger partial charge in [-0.3, -0.25) is 4.79 Å². The van der Waals surface area contributed by atoms with Crippen LogP contribution in [-0.2, 0) is 0 Å². The fourth-order valence-electron chi connectivity index (χ4n) is 2.11. The maximum atomic E-state index is 12.4. The summed E-state index contributed by atoms with van der Waals surface area (Å²) in [6.45, 7) is 3.71. The normalized spacial score (nSPS) is 12.0. The Bertz CT molecular complexity index is 641. The van der Waals surface area contributed by atoms with E-state index in [1.54, 1.807) is 12.1 Å². The van der Waals surface area contributed by atoms with Gasteiger partial charge in [0.1, 0.15) is 0 Å². The second-order valence-corrected chi connectivity index (χ2v) is 5.44. The van der Waals surface area contributed by atoms with Crippen molar-refractivity contribution in [2.24, 2.45) is 0 Å². The number of hydrogen-bond donors (Lipinski definition) is 2. The molecule has 1 atom stereocenters. The standard InChI is InChI=1S/C17H18ClNO2/c1-11-8-14(15(18)9-12(11)2)17(21)19-16(10-20)13-6-4-3-5-7-13/h3-9,16,20H,10H2,1-2H3,(H,19,21)/t16-/m1/s1. The van der Waals surface area contributed by atoms with E-state index in [4.69, 9.17) is 11.6 Å². The largest absolute Gasteiger partial charge is 0.394 e. The third-order valence-electron chi connectivity index (χ3n) is 3.52. The van der Waals surface area contributed by atoms with Gasteiger partial charge in [-0.15, -0.1) is 0 Å². The zero-order valence-electron chi connectivity index (χ0n) is 12.1. The summed E-state index contributed by atoms with van der Waals surface area (Å²) in [4.78, 5) is 12.4. The monoisotopic (exact) mass is 303 g/mol. The maximum Gasteiger partial charge on any atom is 0.253 e. The maximum absolute atomic E-state index is 12.4. The molecule has 0 bridgehead atoms. The van der Waals surface area contributed by atoms with Gasteiger partial charge in [0.25, 0.3) is 5.91 Å². The molecular formula is C17H18ClNO2. The number of carbonyl (C=O) groups is 1. The number of aryl methyl sites for hydroxylation is 2. The van der Waals surface area contributed by atoms with Crippen molar-refractivity contribution < 1.29 is 9.90 Å². The highest BCUT2D eigenvalue weighted by atomic mass is 35.5. The Hall–Kier alpha value is -1.84. The molecule has 0 aliphatic heterocycles. The van der Waals surface area contributed by atoms with E-state index >= 15 is 0 Å². The molecule has 110 valence electrons. The first-order valence-electron chi connectivity index (χ1n) is 6.76. The second-order valence-electron chi connectivity index (χ2n) is 5.04. The smallest absolute Gasteiger partial charge is 0.253 e. The fraction of sp³-hybridized carbons (Fsp3) is 0.235. The minimum atomic E-state index is -0.448. The van der Waals surface area contributed by atoms with E-state index in [2.05, 4.69) is 5.32 Å². The van der Waals surface area contributed by atoms with Gasteiger partial charge in [0, 0.05) is 0 Å². The first-order chi connectivity index (χ1) is 10.0. The molecule has 0 heterocycles. The molecule has 2 N–H and O–H groups in total. The molecule has 2 aromatic rings. The molecule has 0 aliphatic carbocycles. The average molecular weight is 304 g/mol. The van der Waals surface area contributed by atoms with Gasteiger partial charge < -0.3 is 10.4 Å². The molecule has 1 amide bonds. The lowest BCUT2D eigenvalue weighted by Gasteiger charge is -2.17. The number of nitrogens with one attached hydrogen (secondary N) is 1. The van der Waals surface area contributed by atoms with Crippen molar-refractivity contribution in [1.82, 2.24) is 5.32 Å². The quantitative estimate of drug-likeness (QED) is 0.909. The van der Waals surface area contributed by atoms with Crippen molar-refractivity contribution in [3.05, 3.63) is 69.7 Å². The lowest BCUT2D eigenvalue weighted by molar-refractivity contribution is 0.0916. The highest BCUT2D eigenvalue weighted by Gasteiger charge is 2.17. The van der Waals surface area contributed by atoms with E-state index < -0.39 is 6.04 Å². The number of rotatable bonds is 4. The predicted octanol–water partition coefficient (Wildman–Crippen LogP) is 3.42. The molecule has 2 aromatic carbocycles. The zero-order valence-corrected chi connectivity index (χ0v) is 12.8. The second kappa shape index (κ2) is 6.74. The van der Waals surface area contributed by atoms with Crippen LogP contribution in [0.3, 0.4) is 0 Å². The van der Waals surface area contributed by atoms with Crippen LogP contribution in [0.1, 0.15) is 33.1 Å². The van der Waals surface area contributed by atoms with Gasteiger partial charge >= 0.3 is 0 Å². The minimum Gasteiger partial charge on any atom is -0.394 e. The molecule has 0 saturated carbocycles. The van der Waals surface area contributed by atoms with E-state index in [9.17, 15) is 9.90 Å². The summed E-state index contributed by atoms with van der Waals surface area (Å²) >= 11 is 6.15. The lowest BCUT2D eigenvalue weighted by atomic mass is 10.0. The summed E-state index contributed by atoms with van der Waals surface area (Å²) in [6, 6.07) is 12.5. The molecule has 4 heteroatoms. The van der Waals surface area contributed by atoms with E-state index in [0.717, 1.165) is 16.7 Å². The highest BCUT2D eigenvalue weighted by molar-refractivity contribution is 6.34. The number of aliphatic hydroxyl groups excluding tert-OH is 1. The van der Waals surface area contributed by atoms with Crippen LogP contribution >= 0.6 is 11.6 Å². The summed E-state index contributed by atoms with van der Waals surface area (Å²) in [7, 11) is 0. The average Bonchev–Trinajstić information content (AvgIpc) is 2.49. The van der Waals surface area contributed by atoms with Crippen molar-refractivity contribution >= 4 is 17.5 Å². The van der Waals surface area contributed by atoms with E-state index in [-0.39, 0.29) is 12.5 Å². The first kappa shape index (κ1) is 15.5. The van der Waals surface area contributed by atoms with E-state index in [1.165, 1.54) is 0 Å². The van der Waals surface area contributed by atoms with Crippen molar-refractivity contribution in [3.63, 3.8) is 0 Å². The van der Waals surface area contributed by atoms with Crippen LogP contribution in [0.2, 0.25) is 5.02 Å². The van der Waals surface area contributed by atoms with Gasteiger partial charge in [0.2, 0.25) is 0 Å². The predicted molar refractivity (Wildman–Crippen MR) is 84.7 cm³/mol. The van der Waals surface area contributed by atoms with Crippen molar-refractivity contribution in [3.8, 4) is 0 Å². The van der Waals surface area contributed by atoms with Gasteiger partial charge in [-0.2, -0.15) is 0 Å². The molecule has 0 unspecified atom stereocenters. The molecule has 21 heavy (non-hydrogen) atoms. The Morgan fingerprint density at radius 2 is 1.81 bits per heavy atom. The number of halogens is 1. The topological polar surface area (TPSA) is 49.3 Å². The number of hydrogen-bond acceptors (Lipinski definition) is 2. The molecule has 0 aromatic heterocycles. The van der Waals surface area contributed by atoms with E-state index in [0.29, 0.717) is 10.6 Å². The Labute approximate surface area is 129 Å². The third kappa shape index (κ3) is 3.63. The summed E-state index contributed by atoms with van der Waals surface area (Å²) in [5, 5.41) is 12.7. The van der Waals surface area contributed by atoms with Crippen molar-refractivity contribution in [2.45, 2.75) is 19.9 Å². The van der Waals surface area contributed by atoms with Gasteiger partial charge in [-0.05, 0) is 42.7 Å². The van der Waals surface area contributed by atoms with Crippen LogP contribution in [0.5, 0.6) is 0 Å². The molecule has 2 rings (SSSR count). The zero-order chi connectivity index (χ0) is 15.4. The summed E-state index contributed by atoms with van der Waals surface area (Å²) in [5.74, 6) is -0.286. The fourth-order valence-corrected chi connectivity index (χ4v) is 2.41. The van der Waals surface area contributed by atoms with Gasteiger partial charge in [0.05, 0.1) is 23.2 Å². The highest BCUT2D eigenvalue weighted by Crippen LogP contribution is 2.22.